The van der Waals surface area contributed by atoms with Gasteiger partial charge < -0.3 is 15.0 Å². The molecule has 28 heavy (non-hydrogen) atoms. The second-order valence-corrected chi connectivity index (χ2v) is 8.90. The minimum absolute atomic E-state index is 0.0462. The summed E-state index contributed by atoms with van der Waals surface area (Å²) in [5, 5.41) is 14.2. The van der Waals surface area contributed by atoms with E-state index in [4.69, 9.17) is 0 Å². The third-order valence-corrected chi connectivity index (χ3v) is 6.47. The summed E-state index contributed by atoms with van der Waals surface area (Å²) < 4.78 is 27.2. The summed E-state index contributed by atoms with van der Waals surface area (Å²) in [5.74, 6) is -0.381. The Labute approximate surface area is 164 Å². The summed E-state index contributed by atoms with van der Waals surface area (Å²) in [5.41, 5.74) is 2.06. The summed E-state index contributed by atoms with van der Waals surface area (Å²) in [7, 11) is 1.26. The van der Waals surface area contributed by atoms with Crippen LogP contribution in [0.3, 0.4) is 0 Å². The van der Waals surface area contributed by atoms with Crippen molar-refractivity contribution in [2.24, 2.45) is 7.05 Å². The highest BCUT2D eigenvalue weighted by atomic mass is 32.2. The van der Waals surface area contributed by atoms with Crippen LogP contribution in [0, 0.1) is 0 Å². The van der Waals surface area contributed by atoms with E-state index < -0.39 is 16.1 Å². The van der Waals surface area contributed by atoms with Crippen LogP contribution in [0.5, 0.6) is 0 Å². The number of nitrogens with zero attached hydrogens (tertiary/aromatic N) is 2. The largest absolute Gasteiger partial charge is 0.386 e. The number of rotatable bonds is 6. The Kier molecular flexibility index (Phi) is 5.55. The number of benzene rings is 2. The van der Waals surface area contributed by atoms with E-state index in [1.807, 2.05) is 42.1 Å². The van der Waals surface area contributed by atoms with Gasteiger partial charge in [0.15, 0.2) is 0 Å². The number of nitrogens with one attached hydrogen (secondary N) is 1. The van der Waals surface area contributed by atoms with Crippen molar-refractivity contribution in [1.82, 2.24) is 14.2 Å². The molecule has 0 unspecified atom stereocenters. The molecule has 2 aromatic carbocycles. The van der Waals surface area contributed by atoms with Crippen molar-refractivity contribution in [3.05, 3.63) is 65.9 Å². The van der Waals surface area contributed by atoms with Gasteiger partial charge in [-0.2, -0.15) is 0 Å². The second kappa shape index (κ2) is 7.75. The van der Waals surface area contributed by atoms with E-state index in [9.17, 15) is 18.3 Å². The fraction of sp³-hybridized carbons (Fsp3) is 0.250. The molecule has 7 nitrogen and oxygen atoms in total. The number of aliphatic hydroxyl groups is 1. The number of aryl methyl sites for hydroxylation is 1. The molecule has 8 heteroatoms. The molecule has 1 aromatic heterocycles. The van der Waals surface area contributed by atoms with Gasteiger partial charge >= 0.3 is 0 Å². The normalized spacial score (nSPS) is 13.0. The maximum atomic E-state index is 12.4. The molecule has 0 fully saturated rings. The average molecular weight is 401 g/mol. The Hall–Kier alpha value is -2.68. The average Bonchev–Trinajstić information content (AvgIpc) is 3.03. The van der Waals surface area contributed by atoms with E-state index in [2.05, 4.69) is 5.32 Å². The molecule has 3 aromatic rings. The van der Waals surface area contributed by atoms with Gasteiger partial charge in [0.25, 0.3) is 5.91 Å². The minimum atomic E-state index is -3.54. The first-order chi connectivity index (χ1) is 13.2. The van der Waals surface area contributed by atoms with E-state index in [0.717, 1.165) is 20.8 Å². The van der Waals surface area contributed by atoms with Crippen molar-refractivity contribution in [2.45, 2.75) is 11.0 Å². The summed E-state index contributed by atoms with van der Waals surface area (Å²) in [6, 6.07) is 13.4. The van der Waals surface area contributed by atoms with E-state index in [1.165, 1.54) is 38.4 Å². The van der Waals surface area contributed by atoms with Crippen molar-refractivity contribution in [3.63, 3.8) is 0 Å². The topological polar surface area (TPSA) is 91.6 Å². The lowest BCUT2D eigenvalue weighted by Crippen LogP contribution is -2.28. The van der Waals surface area contributed by atoms with Gasteiger partial charge in [-0.15, -0.1) is 0 Å². The van der Waals surface area contributed by atoms with Crippen molar-refractivity contribution in [2.75, 3.05) is 20.6 Å². The van der Waals surface area contributed by atoms with E-state index in [0.29, 0.717) is 5.56 Å². The van der Waals surface area contributed by atoms with Crippen LogP contribution >= 0.6 is 0 Å². The Morgan fingerprint density at radius 3 is 2.43 bits per heavy atom. The molecule has 148 valence electrons. The van der Waals surface area contributed by atoms with E-state index >= 15 is 0 Å². The molecule has 0 saturated heterocycles. The van der Waals surface area contributed by atoms with Gasteiger partial charge in [0.2, 0.25) is 10.0 Å². The molecule has 1 heterocycles. The first-order valence-corrected chi connectivity index (χ1v) is 10.2. The van der Waals surface area contributed by atoms with Crippen LogP contribution in [0.2, 0.25) is 0 Å². The standard InChI is InChI=1S/C20H23N3O4S/c1-22(2)28(26,27)15-10-8-14(9-11-15)20(25)21-12-19(24)17-13-23(3)18-7-5-4-6-16(17)18/h4-11,13,19,24H,12H2,1-3H3,(H,21,25)/t19-/m1/s1. The number of sulfonamides is 1. The highest BCUT2D eigenvalue weighted by molar-refractivity contribution is 7.89. The lowest BCUT2D eigenvalue weighted by atomic mass is 10.1. The zero-order chi connectivity index (χ0) is 20.5. The van der Waals surface area contributed by atoms with Crippen molar-refractivity contribution in [1.29, 1.82) is 0 Å². The predicted molar refractivity (Wildman–Crippen MR) is 108 cm³/mol. The second-order valence-electron chi connectivity index (χ2n) is 6.75. The molecule has 0 radical (unpaired) electrons. The van der Waals surface area contributed by atoms with Gasteiger partial charge in [-0.05, 0) is 30.3 Å². The Morgan fingerprint density at radius 1 is 1.14 bits per heavy atom. The molecule has 1 atom stereocenters. The van der Waals surface area contributed by atoms with Crippen molar-refractivity contribution >= 4 is 26.8 Å². The summed E-state index contributed by atoms with van der Waals surface area (Å²) in [6.45, 7) is 0.0462. The van der Waals surface area contributed by atoms with Gasteiger partial charge in [-0.1, -0.05) is 18.2 Å². The lowest BCUT2D eigenvalue weighted by molar-refractivity contribution is 0.0917. The number of carbonyl (C=O) groups is 1. The van der Waals surface area contributed by atoms with Crippen LogP contribution in [0.4, 0.5) is 0 Å². The number of hydrogen-bond donors (Lipinski definition) is 2. The van der Waals surface area contributed by atoms with Gasteiger partial charge in [0.1, 0.15) is 0 Å². The van der Waals surface area contributed by atoms with Crippen molar-refractivity contribution < 1.29 is 18.3 Å². The van der Waals surface area contributed by atoms with Crippen LogP contribution in [-0.2, 0) is 17.1 Å². The molecule has 0 spiro atoms. The number of hydrogen-bond acceptors (Lipinski definition) is 4. The van der Waals surface area contributed by atoms with E-state index in [-0.39, 0.29) is 17.3 Å². The van der Waals surface area contributed by atoms with Crippen LogP contribution in [-0.4, -0.2) is 48.9 Å². The summed E-state index contributed by atoms with van der Waals surface area (Å²) in [4.78, 5) is 12.5. The first kappa shape index (κ1) is 20.1. The molecule has 0 aliphatic carbocycles. The van der Waals surface area contributed by atoms with Crippen LogP contribution in [0.1, 0.15) is 22.0 Å². The van der Waals surface area contributed by atoms with E-state index in [1.54, 1.807) is 0 Å². The number of fused-ring (bicyclic) bond motifs is 1. The highest BCUT2D eigenvalue weighted by Crippen LogP contribution is 2.25. The van der Waals surface area contributed by atoms with Crippen molar-refractivity contribution in [3.8, 4) is 0 Å². The Bertz CT molecular complexity index is 1100. The Morgan fingerprint density at radius 2 is 1.79 bits per heavy atom. The van der Waals surface area contributed by atoms with Gasteiger partial charge in [0.05, 0.1) is 11.0 Å². The summed E-state index contributed by atoms with van der Waals surface area (Å²) in [6.07, 6.45) is 0.992. The van der Waals surface area contributed by atoms with Gasteiger partial charge in [-0.25, -0.2) is 12.7 Å². The predicted octanol–water partition coefficient (Wildman–Crippen LogP) is 1.89. The molecule has 2 N–H and O–H groups in total. The first-order valence-electron chi connectivity index (χ1n) is 8.74. The third-order valence-electron chi connectivity index (χ3n) is 4.64. The maximum Gasteiger partial charge on any atom is 0.251 e. The van der Waals surface area contributed by atoms with Gasteiger partial charge in [-0.3, -0.25) is 4.79 Å². The number of carbonyl (C=O) groups excluding carboxylic acids is 1. The fourth-order valence-corrected chi connectivity index (χ4v) is 3.93. The van der Waals surface area contributed by atoms with Crippen LogP contribution < -0.4 is 5.32 Å². The molecule has 0 bridgehead atoms. The molecule has 0 saturated carbocycles. The molecule has 1 amide bonds. The molecule has 0 aliphatic heterocycles. The maximum absolute atomic E-state index is 12.4. The number of aromatic nitrogens is 1. The monoisotopic (exact) mass is 401 g/mol. The third kappa shape index (κ3) is 3.80. The number of aliphatic hydroxyl groups excluding tert-OH is 1. The van der Waals surface area contributed by atoms with Gasteiger partial charge in [0, 0.05) is 55.9 Å². The Balaban J connectivity index is 1.70. The zero-order valence-electron chi connectivity index (χ0n) is 16.0. The molecular weight excluding hydrogens is 378 g/mol. The molecule has 0 aliphatic rings. The quantitative estimate of drug-likeness (QED) is 0.660. The number of para-hydroxylation sites is 1. The SMILES string of the molecule is CN(C)S(=O)(=O)c1ccc(C(=O)NC[C@@H](O)c2cn(C)c3ccccc23)cc1. The smallest absolute Gasteiger partial charge is 0.251 e. The zero-order valence-corrected chi connectivity index (χ0v) is 16.8. The van der Waals surface area contributed by atoms with Crippen LogP contribution in [0.15, 0.2) is 59.6 Å². The summed E-state index contributed by atoms with van der Waals surface area (Å²) >= 11 is 0. The van der Waals surface area contributed by atoms with Crippen LogP contribution in [0.25, 0.3) is 10.9 Å². The lowest BCUT2D eigenvalue weighted by Gasteiger charge is -2.13. The molecular formula is C20H23N3O4S. The fourth-order valence-electron chi connectivity index (χ4n) is 3.03. The molecule has 3 rings (SSSR count). The highest BCUT2D eigenvalue weighted by Gasteiger charge is 2.19. The minimum Gasteiger partial charge on any atom is -0.386 e. The number of amides is 1.